The molecule has 0 amide bonds. The SMILES string of the molecule is C/C=C\C(=C/C)C1OC(C)C2OC(c3ccccc3)OC(CC)C2O1. The number of hydrogen-bond donors (Lipinski definition) is 0. The fourth-order valence-corrected chi connectivity index (χ4v) is 3.45. The Morgan fingerprint density at radius 3 is 2.40 bits per heavy atom. The van der Waals surface area contributed by atoms with Crippen LogP contribution in [0.1, 0.15) is 46.0 Å². The molecule has 0 radical (unpaired) electrons. The minimum absolute atomic E-state index is 0.0264. The van der Waals surface area contributed by atoms with Crippen LogP contribution in [0.5, 0.6) is 0 Å². The van der Waals surface area contributed by atoms with Gasteiger partial charge in [0, 0.05) is 11.1 Å². The Kier molecular flexibility index (Phi) is 6.07. The Bertz CT molecular complexity index is 610. The van der Waals surface area contributed by atoms with Gasteiger partial charge in [-0.1, -0.05) is 55.5 Å². The highest BCUT2D eigenvalue weighted by atomic mass is 16.8. The summed E-state index contributed by atoms with van der Waals surface area (Å²) >= 11 is 0. The van der Waals surface area contributed by atoms with E-state index in [1.807, 2.05) is 62.4 Å². The van der Waals surface area contributed by atoms with Crippen molar-refractivity contribution in [2.75, 3.05) is 0 Å². The van der Waals surface area contributed by atoms with E-state index in [0.29, 0.717) is 0 Å². The fourth-order valence-electron chi connectivity index (χ4n) is 3.45. The third kappa shape index (κ3) is 3.87. The molecule has 4 heteroatoms. The summed E-state index contributed by atoms with van der Waals surface area (Å²) in [4.78, 5) is 0. The molecule has 0 bridgehead atoms. The predicted octanol–water partition coefficient (Wildman–Crippen LogP) is 4.53. The van der Waals surface area contributed by atoms with Crippen molar-refractivity contribution in [3.63, 3.8) is 0 Å². The van der Waals surface area contributed by atoms with E-state index in [9.17, 15) is 0 Å². The van der Waals surface area contributed by atoms with E-state index in [-0.39, 0.29) is 37.0 Å². The third-order valence-electron chi connectivity index (χ3n) is 4.79. The Morgan fingerprint density at radius 2 is 1.76 bits per heavy atom. The van der Waals surface area contributed by atoms with Gasteiger partial charge in [-0.15, -0.1) is 0 Å². The van der Waals surface area contributed by atoms with Crippen molar-refractivity contribution >= 4 is 0 Å². The molecule has 1 aromatic rings. The van der Waals surface area contributed by atoms with Crippen LogP contribution < -0.4 is 0 Å². The second-order valence-electron chi connectivity index (χ2n) is 6.49. The second-order valence-corrected chi connectivity index (χ2v) is 6.49. The zero-order valence-corrected chi connectivity index (χ0v) is 15.4. The van der Waals surface area contributed by atoms with Crippen LogP contribution in [-0.4, -0.2) is 30.7 Å². The van der Waals surface area contributed by atoms with E-state index in [2.05, 4.69) is 13.8 Å². The molecule has 2 heterocycles. The molecule has 4 nitrogen and oxygen atoms in total. The standard InChI is InChI=1S/C21H28O4/c1-5-11-15(6-2)20-22-14(4)18-19(25-20)17(7-3)23-21(24-18)16-12-9-8-10-13-16/h5-6,8-14,17-21H,7H2,1-4H3/b11-5-,15-6+. The zero-order chi connectivity index (χ0) is 17.8. The van der Waals surface area contributed by atoms with Gasteiger partial charge in [-0.2, -0.15) is 0 Å². The van der Waals surface area contributed by atoms with Gasteiger partial charge in [0.2, 0.25) is 0 Å². The molecule has 2 aliphatic rings. The zero-order valence-electron chi connectivity index (χ0n) is 15.4. The third-order valence-corrected chi connectivity index (χ3v) is 4.79. The number of rotatable bonds is 4. The minimum atomic E-state index is -0.382. The van der Waals surface area contributed by atoms with Crippen molar-refractivity contribution < 1.29 is 18.9 Å². The Balaban J connectivity index is 1.80. The molecule has 0 spiro atoms. The summed E-state index contributed by atoms with van der Waals surface area (Å²) in [5.74, 6) is 0. The van der Waals surface area contributed by atoms with Crippen LogP contribution in [0.4, 0.5) is 0 Å². The van der Waals surface area contributed by atoms with E-state index >= 15 is 0 Å². The molecular weight excluding hydrogens is 316 g/mol. The molecule has 3 rings (SSSR count). The second kappa shape index (κ2) is 8.28. The molecular formula is C21H28O4. The first-order chi connectivity index (χ1) is 12.2. The van der Waals surface area contributed by atoms with Gasteiger partial charge >= 0.3 is 0 Å². The molecule has 2 saturated heterocycles. The highest BCUT2D eigenvalue weighted by Gasteiger charge is 2.48. The normalized spacial score (nSPS) is 36.4. The minimum Gasteiger partial charge on any atom is -0.343 e. The van der Waals surface area contributed by atoms with Gasteiger partial charge in [-0.3, -0.25) is 0 Å². The molecule has 2 fully saturated rings. The number of hydrogen-bond acceptors (Lipinski definition) is 4. The molecule has 0 N–H and O–H groups in total. The lowest BCUT2D eigenvalue weighted by Crippen LogP contribution is -2.59. The summed E-state index contributed by atoms with van der Waals surface area (Å²) in [5.41, 5.74) is 2.05. The average Bonchev–Trinajstić information content (AvgIpc) is 2.66. The first-order valence-corrected chi connectivity index (χ1v) is 9.13. The number of fused-ring (bicyclic) bond motifs is 1. The number of ether oxygens (including phenoxy) is 4. The number of benzene rings is 1. The fraction of sp³-hybridized carbons (Fsp3) is 0.524. The van der Waals surface area contributed by atoms with Crippen molar-refractivity contribution in [2.45, 2.75) is 71.1 Å². The Labute approximate surface area is 150 Å². The smallest absolute Gasteiger partial charge is 0.184 e. The van der Waals surface area contributed by atoms with Crippen LogP contribution in [0.25, 0.3) is 0 Å². The molecule has 0 aromatic heterocycles. The van der Waals surface area contributed by atoms with Gasteiger partial charge < -0.3 is 18.9 Å². The van der Waals surface area contributed by atoms with Gasteiger partial charge in [-0.25, -0.2) is 0 Å². The van der Waals surface area contributed by atoms with Gasteiger partial charge in [0.05, 0.1) is 12.2 Å². The van der Waals surface area contributed by atoms with E-state index < -0.39 is 0 Å². The van der Waals surface area contributed by atoms with Crippen LogP contribution in [-0.2, 0) is 18.9 Å². The maximum absolute atomic E-state index is 6.26. The van der Waals surface area contributed by atoms with Crippen molar-refractivity contribution in [1.82, 2.24) is 0 Å². The number of allylic oxidation sites excluding steroid dienone is 2. The van der Waals surface area contributed by atoms with Gasteiger partial charge in [0.1, 0.15) is 12.2 Å². The van der Waals surface area contributed by atoms with Crippen LogP contribution >= 0.6 is 0 Å². The first-order valence-electron chi connectivity index (χ1n) is 9.13. The lowest BCUT2D eigenvalue weighted by molar-refractivity contribution is -0.370. The lowest BCUT2D eigenvalue weighted by atomic mass is 9.97. The summed E-state index contributed by atoms with van der Waals surface area (Å²) in [6, 6.07) is 10.0. The summed E-state index contributed by atoms with van der Waals surface area (Å²) in [5, 5.41) is 0. The lowest BCUT2D eigenvalue weighted by Gasteiger charge is -2.48. The van der Waals surface area contributed by atoms with E-state index in [4.69, 9.17) is 18.9 Å². The van der Waals surface area contributed by atoms with Crippen molar-refractivity contribution in [3.05, 3.63) is 59.7 Å². The summed E-state index contributed by atoms with van der Waals surface area (Å²) in [6.45, 7) is 8.16. The molecule has 2 aliphatic heterocycles. The molecule has 1 aromatic carbocycles. The largest absolute Gasteiger partial charge is 0.343 e. The topological polar surface area (TPSA) is 36.9 Å². The molecule has 136 valence electrons. The molecule has 25 heavy (non-hydrogen) atoms. The molecule has 0 aliphatic carbocycles. The summed E-state index contributed by atoms with van der Waals surface area (Å²) in [7, 11) is 0. The van der Waals surface area contributed by atoms with Gasteiger partial charge in [0.25, 0.3) is 0 Å². The monoisotopic (exact) mass is 344 g/mol. The Hall–Kier alpha value is -1.46. The molecule has 0 saturated carbocycles. The van der Waals surface area contributed by atoms with Crippen molar-refractivity contribution in [3.8, 4) is 0 Å². The first kappa shape index (κ1) is 18.3. The Morgan fingerprint density at radius 1 is 1.00 bits per heavy atom. The van der Waals surface area contributed by atoms with Crippen molar-refractivity contribution in [1.29, 1.82) is 0 Å². The quantitative estimate of drug-likeness (QED) is 0.752. The highest BCUT2D eigenvalue weighted by molar-refractivity contribution is 5.21. The highest BCUT2D eigenvalue weighted by Crippen LogP contribution is 2.38. The summed E-state index contributed by atoms with van der Waals surface area (Å²) < 4.78 is 24.8. The van der Waals surface area contributed by atoms with Crippen LogP contribution in [0.2, 0.25) is 0 Å². The van der Waals surface area contributed by atoms with Crippen LogP contribution in [0, 0.1) is 0 Å². The van der Waals surface area contributed by atoms with Gasteiger partial charge in [-0.05, 0) is 27.2 Å². The van der Waals surface area contributed by atoms with Crippen LogP contribution in [0.15, 0.2) is 54.1 Å². The molecule has 6 atom stereocenters. The predicted molar refractivity (Wildman–Crippen MR) is 97.0 cm³/mol. The van der Waals surface area contributed by atoms with Crippen molar-refractivity contribution in [2.24, 2.45) is 0 Å². The van der Waals surface area contributed by atoms with E-state index in [0.717, 1.165) is 17.6 Å². The van der Waals surface area contributed by atoms with Gasteiger partial charge in [0.15, 0.2) is 12.6 Å². The maximum atomic E-state index is 6.26. The average molecular weight is 344 g/mol. The molecule has 6 unspecified atom stereocenters. The van der Waals surface area contributed by atoms with Crippen LogP contribution in [0.3, 0.4) is 0 Å². The maximum Gasteiger partial charge on any atom is 0.184 e. The van der Waals surface area contributed by atoms with E-state index in [1.54, 1.807) is 0 Å². The van der Waals surface area contributed by atoms with E-state index in [1.165, 1.54) is 0 Å². The summed E-state index contributed by atoms with van der Waals surface area (Å²) in [6.07, 6.45) is 5.75.